The van der Waals surface area contributed by atoms with Crippen LogP contribution in [-0.4, -0.2) is 64.9 Å². The first-order valence-electron chi connectivity index (χ1n) is 13.7. The van der Waals surface area contributed by atoms with Crippen molar-refractivity contribution in [1.29, 1.82) is 0 Å². The van der Waals surface area contributed by atoms with Crippen molar-refractivity contribution >= 4 is 23.2 Å². The molecule has 1 amide bonds. The van der Waals surface area contributed by atoms with Crippen LogP contribution in [0.25, 0.3) is 11.3 Å². The lowest BCUT2D eigenvalue weighted by Crippen LogP contribution is -2.43. The van der Waals surface area contributed by atoms with Gasteiger partial charge in [0.05, 0.1) is 23.6 Å². The van der Waals surface area contributed by atoms with E-state index in [2.05, 4.69) is 4.90 Å². The number of aliphatic hydroxyl groups is 2. The molecule has 6 rings (SSSR count). The van der Waals surface area contributed by atoms with E-state index in [9.17, 15) is 29.7 Å². The number of anilines is 1. The number of carbonyl (C=O) groups is 3. The summed E-state index contributed by atoms with van der Waals surface area (Å²) < 4.78 is 6.12. The van der Waals surface area contributed by atoms with Gasteiger partial charge in [-0.1, -0.05) is 0 Å². The van der Waals surface area contributed by atoms with Crippen LogP contribution in [0.1, 0.15) is 47.4 Å². The predicted molar refractivity (Wildman–Crippen MR) is 146 cm³/mol. The molecule has 0 radical (unpaired) electrons. The topological polar surface area (TPSA) is 158 Å². The molecule has 0 bridgehead atoms. The number of fused-ring (bicyclic) bond motifs is 3. The second-order valence-electron chi connectivity index (χ2n) is 11.5. The molecule has 1 fully saturated rings. The number of ketones is 2. The standard InChI is InChI=1S/C30H33N3O7/c1-32(2)19-12-18(21-6-5-16(40-21)13-33-7-3-4-8-33)26(35)24-17(19)10-14-9-15-11-20(34)25(30(31)39)29(38)23(15)27(36)22(14)28(24)37/h5-6,12,14-15,23,34-36H,3-4,7-11,13H2,1-2H3,(H2,31,39). The molecule has 3 aliphatic carbocycles. The number of Topliss-reactive ketones (excluding diaryl/α,β-unsaturated/α-hetero) is 2. The van der Waals surface area contributed by atoms with Crippen LogP contribution in [0.5, 0.6) is 5.75 Å². The molecule has 210 valence electrons. The van der Waals surface area contributed by atoms with Crippen molar-refractivity contribution in [3.05, 3.63) is 57.8 Å². The fourth-order valence-corrected chi connectivity index (χ4v) is 7.04. The number of furan rings is 1. The van der Waals surface area contributed by atoms with E-state index in [0.29, 0.717) is 36.3 Å². The zero-order valence-corrected chi connectivity index (χ0v) is 22.6. The number of hydrogen-bond acceptors (Lipinski definition) is 9. The van der Waals surface area contributed by atoms with Crippen molar-refractivity contribution < 1.29 is 34.1 Å². The molecule has 3 unspecified atom stereocenters. The maximum atomic E-state index is 14.0. The monoisotopic (exact) mass is 547 g/mol. The van der Waals surface area contributed by atoms with E-state index in [1.165, 1.54) is 0 Å². The van der Waals surface area contributed by atoms with Gasteiger partial charge in [0.2, 0.25) is 0 Å². The third-order valence-corrected chi connectivity index (χ3v) is 8.85. The van der Waals surface area contributed by atoms with Crippen molar-refractivity contribution in [1.82, 2.24) is 4.90 Å². The van der Waals surface area contributed by atoms with Crippen molar-refractivity contribution in [3.63, 3.8) is 0 Å². The number of nitrogens with two attached hydrogens (primary N) is 1. The second-order valence-corrected chi connectivity index (χ2v) is 11.5. The number of benzene rings is 1. The Morgan fingerprint density at radius 3 is 2.52 bits per heavy atom. The van der Waals surface area contributed by atoms with Crippen LogP contribution in [0.2, 0.25) is 0 Å². The molecule has 10 heteroatoms. The predicted octanol–water partition coefficient (Wildman–Crippen LogP) is 3.39. The first kappa shape index (κ1) is 26.2. The number of rotatable bonds is 5. The Bertz CT molecular complexity index is 1510. The first-order chi connectivity index (χ1) is 19.1. The maximum Gasteiger partial charge on any atom is 0.255 e. The van der Waals surface area contributed by atoms with Gasteiger partial charge in [0.15, 0.2) is 11.6 Å². The van der Waals surface area contributed by atoms with Crippen LogP contribution in [0, 0.1) is 17.8 Å². The van der Waals surface area contributed by atoms with E-state index in [-0.39, 0.29) is 29.1 Å². The lowest BCUT2D eigenvalue weighted by atomic mass is 9.62. The average Bonchev–Trinajstić information content (AvgIpc) is 3.56. The number of likely N-dealkylation sites (tertiary alicyclic amines) is 1. The summed E-state index contributed by atoms with van der Waals surface area (Å²) in [5, 5.41) is 33.2. The van der Waals surface area contributed by atoms with Crippen LogP contribution < -0.4 is 10.6 Å². The molecule has 10 nitrogen and oxygen atoms in total. The Labute approximate surface area is 231 Å². The number of primary amides is 1. The van der Waals surface area contributed by atoms with E-state index in [1.54, 1.807) is 6.07 Å². The van der Waals surface area contributed by atoms with Gasteiger partial charge in [0.25, 0.3) is 5.91 Å². The van der Waals surface area contributed by atoms with Gasteiger partial charge in [-0.2, -0.15) is 0 Å². The molecule has 40 heavy (non-hydrogen) atoms. The number of phenolic OH excluding ortho intramolecular Hbond substituents is 1. The van der Waals surface area contributed by atoms with Gasteiger partial charge in [0, 0.05) is 31.8 Å². The highest BCUT2D eigenvalue weighted by atomic mass is 16.3. The Kier molecular flexibility index (Phi) is 6.25. The second kappa shape index (κ2) is 9.55. The lowest BCUT2D eigenvalue weighted by Gasteiger charge is -2.41. The molecule has 1 saturated heterocycles. The highest BCUT2D eigenvalue weighted by molar-refractivity contribution is 6.22. The normalized spacial score (nSPS) is 24.7. The van der Waals surface area contributed by atoms with Crippen molar-refractivity contribution in [2.45, 2.75) is 38.6 Å². The molecule has 4 aliphatic rings. The Morgan fingerprint density at radius 1 is 1.12 bits per heavy atom. The van der Waals surface area contributed by atoms with Gasteiger partial charge >= 0.3 is 0 Å². The third kappa shape index (κ3) is 4.00. The zero-order valence-electron chi connectivity index (χ0n) is 22.6. The number of aliphatic hydroxyl groups excluding tert-OH is 2. The number of carbonyl (C=O) groups excluding carboxylic acids is 3. The molecular formula is C30H33N3O7. The molecule has 1 aromatic carbocycles. The molecular weight excluding hydrogens is 514 g/mol. The maximum absolute atomic E-state index is 14.0. The number of nitrogens with zero attached hydrogens (tertiary/aromatic N) is 2. The minimum atomic E-state index is -1.15. The fraction of sp³-hybridized carbons (Fsp3) is 0.433. The van der Waals surface area contributed by atoms with E-state index in [1.807, 2.05) is 31.1 Å². The van der Waals surface area contributed by atoms with Gasteiger partial charge in [-0.15, -0.1) is 0 Å². The average molecular weight is 548 g/mol. The summed E-state index contributed by atoms with van der Waals surface area (Å²) >= 11 is 0. The summed E-state index contributed by atoms with van der Waals surface area (Å²) in [6, 6.07) is 5.48. The number of phenols is 1. The molecule has 1 aliphatic heterocycles. The number of aromatic hydroxyl groups is 1. The highest BCUT2D eigenvalue weighted by Gasteiger charge is 2.50. The van der Waals surface area contributed by atoms with Crippen LogP contribution in [-0.2, 0) is 22.6 Å². The van der Waals surface area contributed by atoms with Crippen LogP contribution in [0.15, 0.2) is 45.3 Å². The summed E-state index contributed by atoms with van der Waals surface area (Å²) in [5.74, 6) is -4.27. The molecule has 1 aromatic heterocycles. The SMILES string of the molecule is CN(C)c1cc(-c2ccc(CN3CCCC3)o2)c(O)c2c1CC1CC3CC(O)=C(C(N)=O)C(=O)C3C(O)=C1C2=O. The van der Waals surface area contributed by atoms with E-state index in [4.69, 9.17) is 10.2 Å². The van der Waals surface area contributed by atoms with Crippen LogP contribution in [0.4, 0.5) is 5.69 Å². The van der Waals surface area contributed by atoms with E-state index < -0.39 is 46.6 Å². The summed E-state index contributed by atoms with van der Waals surface area (Å²) in [6.07, 6.45) is 3.03. The molecule has 3 atom stereocenters. The molecule has 5 N–H and O–H groups in total. The van der Waals surface area contributed by atoms with Crippen molar-refractivity contribution in [3.8, 4) is 17.1 Å². The van der Waals surface area contributed by atoms with Crippen molar-refractivity contribution in [2.75, 3.05) is 32.1 Å². The lowest BCUT2D eigenvalue weighted by molar-refractivity contribution is -0.126. The Hall–Kier alpha value is -4.05. The summed E-state index contributed by atoms with van der Waals surface area (Å²) in [4.78, 5) is 43.2. The van der Waals surface area contributed by atoms with Crippen molar-refractivity contribution in [2.24, 2.45) is 23.5 Å². The fourth-order valence-electron chi connectivity index (χ4n) is 7.04. The van der Waals surface area contributed by atoms with Gasteiger partial charge in [-0.3, -0.25) is 19.3 Å². The smallest absolute Gasteiger partial charge is 0.255 e. The number of hydrogen-bond donors (Lipinski definition) is 4. The van der Waals surface area contributed by atoms with E-state index in [0.717, 1.165) is 37.4 Å². The minimum Gasteiger partial charge on any atom is -0.511 e. The third-order valence-electron chi connectivity index (χ3n) is 8.85. The van der Waals surface area contributed by atoms with Gasteiger partial charge < -0.3 is 30.4 Å². The molecule has 2 aromatic rings. The quantitative estimate of drug-likeness (QED) is 0.412. The summed E-state index contributed by atoms with van der Waals surface area (Å²) in [7, 11) is 3.71. The number of allylic oxidation sites excluding steroid dienone is 3. The van der Waals surface area contributed by atoms with Gasteiger partial charge in [-0.05, 0) is 74.4 Å². The Balaban J connectivity index is 1.43. The highest BCUT2D eigenvalue weighted by Crippen LogP contribution is 2.52. The first-order valence-corrected chi connectivity index (χ1v) is 13.7. The summed E-state index contributed by atoms with van der Waals surface area (Å²) in [6.45, 7) is 2.70. The zero-order chi connectivity index (χ0) is 28.5. The Morgan fingerprint density at radius 2 is 1.85 bits per heavy atom. The van der Waals surface area contributed by atoms with Gasteiger partial charge in [0.1, 0.15) is 34.4 Å². The largest absolute Gasteiger partial charge is 0.511 e. The summed E-state index contributed by atoms with van der Waals surface area (Å²) in [5.41, 5.74) is 6.71. The minimum absolute atomic E-state index is 0.00650. The van der Waals surface area contributed by atoms with Crippen LogP contribution >= 0.6 is 0 Å². The van der Waals surface area contributed by atoms with Gasteiger partial charge in [-0.25, -0.2) is 0 Å². The number of amides is 1. The molecule has 2 heterocycles. The molecule has 0 saturated carbocycles. The van der Waals surface area contributed by atoms with Crippen LogP contribution in [0.3, 0.4) is 0 Å². The van der Waals surface area contributed by atoms with E-state index >= 15 is 0 Å². The molecule has 0 spiro atoms.